The van der Waals surface area contributed by atoms with Crippen LogP contribution in [0.2, 0.25) is 0 Å². The average molecular weight is 451 g/mol. The number of Topliss-reactive ketones (excluding diaryl/α,β-unsaturated/α-hetero) is 1. The summed E-state index contributed by atoms with van der Waals surface area (Å²) in [6.45, 7) is 6.24. The number of aromatic nitrogens is 1. The summed E-state index contributed by atoms with van der Waals surface area (Å²) in [5.74, 6) is 1.30. The van der Waals surface area contributed by atoms with Crippen molar-refractivity contribution in [3.8, 4) is 11.5 Å². The largest absolute Gasteiger partial charge is 0.497 e. The number of nitrogens with zero attached hydrogens (tertiary/aromatic N) is 1. The first-order valence-electron chi connectivity index (χ1n) is 10.2. The second kappa shape index (κ2) is 10.8. The standard InChI is InChI=1S/C25H26N2O4S/c1-5-31-21-12-8-19(9-13-21)27-24(29)23-16(2)14-17(3)26-25(23)32-15-22(28)18-6-10-20(30-4)11-7-18/h6-14H,5,15H2,1-4H3,(H,27,29). The lowest BCUT2D eigenvalue weighted by atomic mass is 10.1. The third kappa shape index (κ3) is 5.88. The number of nitrogens with one attached hydrogen (secondary N) is 1. The van der Waals surface area contributed by atoms with Crippen molar-refractivity contribution < 1.29 is 19.1 Å². The third-order valence-corrected chi connectivity index (χ3v) is 5.69. The summed E-state index contributed by atoms with van der Waals surface area (Å²) in [5, 5.41) is 3.45. The summed E-state index contributed by atoms with van der Waals surface area (Å²) in [5.41, 5.74) is 3.31. The number of ether oxygens (including phenoxy) is 2. The molecule has 6 nitrogen and oxygen atoms in total. The molecule has 0 saturated heterocycles. The van der Waals surface area contributed by atoms with Crippen LogP contribution in [-0.4, -0.2) is 36.1 Å². The van der Waals surface area contributed by atoms with Crippen molar-refractivity contribution in [1.29, 1.82) is 0 Å². The van der Waals surface area contributed by atoms with Crippen LogP contribution in [0.5, 0.6) is 11.5 Å². The number of thioether (sulfide) groups is 1. The molecule has 0 bridgehead atoms. The summed E-state index contributed by atoms with van der Waals surface area (Å²) in [7, 11) is 1.58. The predicted molar refractivity (Wildman–Crippen MR) is 127 cm³/mol. The molecule has 0 atom stereocenters. The molecule has 32 heavy (non-hydrogen) atoms. The Hall–Kier alpha value is -3.32. The van der Waals surface area contributed by atoms with Crippen LogP contribution in [0.1, 0.15) is 38.9 Å². The first kappa shape index (κ1) is 23.3. The number of benzene rings is 2. The van der Waals surface area contributed by atoms with Crippen molar-refractivity contribution in [1.82, 2.24) is 4.98 Å². The van der Waals surface area contributed by atoms with Crippen molar-refractivity contribution >= 4 is 29.1 Å². The van der Waals surface area contributed by atoms with Gasteiger partial charge in [0.25, 0.3) is 5.91 Å². The molecule has 7 heteroatoms. The van der Waals surface area contributed by atoms with Crippen molar-refractivity contribution in [3.05, 3.63) is 77.0 Å². The molecule has 0 aliphatic carbocycles. The van der Waals surface area contributed by atoms with Crippen LogP contribution in [0.15, 0.2) is 59.6 Å². The van der Waals surface area contributed by atoms with Crippen LogP contribution in [0, 0.1) is 13.8 Å². The van der Waals surface area contributed by atoms with Gasteiger partial charge >= 0.3 is 0 Å². The van der Waals surface area contributed by atoms with Gasteiger partial charge in [-0.2, -0.15) is 0 Å². The maximum atomic E-state index is 13.1. The minimum Gasteiger partial charge on any atom is -0.497 e. The maximum Gasteiger partial charge on any atom is 0.258 e. The van der Waals surface area contributed by atoms with E-state index in [0.717, 1.165) is 17.0 Å². The zero-order valence-corrected chi connectivity index (χ0v) is 19.4. The van der Waals surface area contributed by atoms with Gasteiger partial charge in [-0.15, -0.1) is 0 Å². The predicted octanol–water partition coefficient (Wildman–Crippen LogP) is 5.33. The van der Waals surface area contributed by atoms with E-state index in [1.54, 1.807) is 43.5 Å². The second-order valence-corrected chi connectivity index (χ2v) is 8.08. The van der Waals surface area contributed by atoms with E-state index in [0.29, 0.717) is 34.2 Å². The van der Waals surface area contributed by atoms with Crippen molar-refractivity contribution in [3.63, 3.8) is 0 Å². The second-order valence-electron chi connectivity index (χ2n) is 7.11. The molecule has 0 saturated carbocycles. The Bertz CT molecular complexity index is 1100. The number of methoxy groups -OCH3 is 1. The SMILES string of the molecule is CCOc1ccc(NC(=O)c2c(C)cc(C)nc2SCC(=O)c2ccc(OC)cc2)cc1. The van der Waals surface area contributed by atoms with E-state index < -0.39 is 0 Å². The van der Waals surface area contributed by atoms with Gasteiger partial charge in [-0.05, 0) is 80.9 Å². The molecule has 166 valence electrons. The Kier molecular flexibility index (Phi) is 7.89. The van der Waals surface area contributed by atoms with E-state index in [1.807, 2.05) is 39.0 Å². The normalized spacial score (nSPS) is 10.5. The molecule has 3 rings (SSSR count). The highest BCUT2D eigenvalue weighted by Gasteiger charge is 2.19. The fourth-order valence-corrected chi connectivity index (χ4v) is 4.21. The highest BCUT2D eigenvalue weighted by atomic mass is 32.2. The van der Waals surface area contributed by atoms with Crippen LogP contribution in [0.25, 0.3) is 0 Å². The van der Waals surface area contributed by atoms with Gasteiger partial charge < -0.3 is 14.8 Å². The Balaban J connectivity index is 1.76. The summed E-state index contributed by atoms with van der Waals surface area (Å²) in [6.07, 6.45) is 0. The molecule has 2 aromatic carbocycles. The summed E-state index contributed by atoms with van der Waals surface area (Å²) in [6, 6.07) is 16.0. The molecular formula is C25H26N2O4S. The number of carbonyl (C=O) groups excluding carboxylic acids is 2. The van der Waals surface area contributed by atoms with E-state index in [1.165, 1.54) is 11.8 Å². The van der Waals surface area contributed by atoms with E-state index in [-0.39, 0.29) is 17.4 Å². The van der Waals surface area contributed by atoms with Gasteiger partial charge in [0, 0.05) is 16.9 Å². The number of amides is 1. The number of rotatable bonds is 9. The number of aryl methyl sites for hydroxylation is 2. The number of hydrogen-bond acceptors (Lipinski definition) is 6. The molecule has 0 aliphatic heterocycles. The topological polar surface area (TPSA) is 77.5 Å². The van der Waals surface area contributed by atoms with Gasteiger partial charge in [-0.25, -0.2) is 4.98 Å². The molecule has 0 aliphatic rings. The Morgan fingerprint density at radius 1 is 1.00 bits per heavy atom. The van der Waals surface area contributed by atoms with Crippen molar-refractivity contribution in [2.75, 3.05) is 24.8 Å². The van der Waals surface area contributed by atoms with Gasteiger partial charge in [0.05, 0.1) is 25.0 Å². The van der Waals surface area contributed by atoms with Gasteiger partial charge in [-0.3, -0.25) is 9.59 Å². The first-order valence-corrected chi connectivity index (χ1v) is 11.2. The van der Waals surface area contributed by atoms with Gasteiger partial charge in [0.15, 0.2) is 5.78 Å². The molecule has 1 heterocycles. The molecule has 1 aromatic heterocycles. The zero-order valence-electron chi connectivity index (χ0n) is 18.6. The number of carbonyl (C=O) groups is 2. The van der Waals surface area contributed by atoms with Crippen LogP contribution in [-0.2, 0) is 0 Å². The van der Waals surface area contributed by atoms with Crippen LogP contribution < -0.4 is 14.8 Å². The number of hydrogen-bond donors (Lipinski definition) is 1. The monoisotopic (exact) mass is 450 g/mol. The smallest absolute Gasteiger partial charge is 0.258 e. The fraction of sp³-hybridized carbons (Fsp3) is 0.240. The molecule has 1 amide bonds. The highest BCUT2D eigenvalue weighted by Crippen LogP contribution is 2.27. The fourth-order valence-electron chi connectivity index (χ4n) is 3.17. The van der Waals surface area contributed by atoms with Crippen LogP contribution in [0.3, 0.4) is 0 Å². The molecule has 0 fully saturated rings. The maximum absolute atomic E-state index is 13.1. The van der Waals surface area contributed by atoms with Crippen LogP contribution in [0.4, 0.5) is 5.69 Å². The molecule has 0 spiro atoms. The molecule has 0 radical (unpaired) electrons. The third-order valence-electron chi connectivity index (χ3n) is 4.71. The van der Waals surface area contributed by atoms with Crippen molar-refractivity contribution in [2.24, 2.45) is 0 Å². The van der Waals surface area contributed by atoms with E-state index in [4.69, 9.17) is 9.47 Å². The average Bonchev–Trinajstić information content (AvgIpc) is 2.78. The Morgan fingerprint density at radius 3 is 2.28 bits per heavy atom. The lowest BCUT2D eigenvalue weighted by Crippen LogP contribution is -2.16. The quantitative estimate of drug-likeness (QED) is 0.351. The van der Waals surface area contributed by atoms with E-state index >= 15 is 0 Å². The minimum absolute atomic E-state index is 0.0449. The summed E-state index contributed by atoms with van der Waals surface area (Å²) < 4.78 is 10.6. The number of ketones is 1. The minimum atomic E-state index is -0.265. The van der Waals surface area contributed by atoms with Crippen molar-refractivity contribution in [2.45, 2.75) is 25.8 Å². The first-order chi connectivity index (χ1) is 15.4. The number of pyridine rings is 1. The van der Waals surface area contributed by atoms with Crippen LogP contribution >= 0.6 is 11.8 Å². The van der Waals surface area contributed by atoms with E-state index in [2.05, 4.69) is 10.3 Å². The van der Waals surface area contributed by atoms with Gasteiger partial charge in [0.1, 0.15) is 16.5 Å². The molecular weight excluding hydrogens is 424 g/mol. The Labute approximate surface area is 192 Å². The van der Waals surface area contributed by atoms with Gasteiger partial charge in [-0.1, -0.05) is 11.8 Å². The highest BCUT2D eigenvalue weighted by molar-refractivity contribution is 8.00. The Morgan fingerprint density at radius 2 is 1.66 bits per heavy atom. The summed E-state index contributed by atoms with van der Waals surface area (Å²) >= 11 is 1.26. The molecule has 0 unspecified atom stereocenters. The lowest BCUT2D eigenvalue weighted by Gasteiger charge is -2.13. The molecule has 1 N–H and O–H groups in total. The zero-order chi connectivity index (χ0) is 23.1. The summed E-state index contributed by atoms with van der Waals surface area (Å²) in [4.78, 5) is 30.2. The number of anilines is 1. The molecule has 3 aromatic rings. The van der Waals surface area contributed by atoms with E-state index in [9.17, 15) is 9.59 Å². The van der Waals surface area contributed by atoms with Gasteiger partial charge in [0.2, 0.25) is 0 Å². The lowest BCUT2D eigenvalue weighted by molar-refractivity contribution is 0.101.